The molecule has 1 saturated heterocycles. The average molecular weight is 488 g/mol. The molecule has 3 aromatic rings. The third-order valence-electron chi connectivity index (χ3n) is 5.45. The lowest BCUT2D eigenvalue weighted by Crippen LogP contribution is -2.48. The lowest BCUT2D eigenvalue weighted by Gasteiger charge is -2.34. The fraction of sp³-hybridized carbons (Fsp3) is 0.261. The lowest BCUT2D eigenvalue weighted by atomic mass is 10.2. The summed E-state index contributed by atoms with van der Waals surface area (Å²) in [6, 6.07) is 8.78. The van der Waals surface area contributed by atoms with Crippen LogP contribution in [0.1, 0.15) is 5.56 Å². The molecular formula is C23H23Cl2N5O3. The highest BCUT2D eigenvalue weighted by atomic mass is 35.5. The predicted molar refractivity (Wildman–Crippen MR) is 131 cm³/mol. The molecule has 2 heterocycles. The number of ether oxygens (including phenoxy) is 2. The molecule has 0 unspecified atom stereocenters. The Balaban J connectivity index is 1.45. The maximum absolute atomic E-state index is 12.6. The molecule has 10 heteroatoms. The molecule has 2 aromatic carbocycles. The predicted octanol–water partition coefficient (Wildman–Crippen LogP) is 3.90. The van der Waals surface area contributed by atoms with E-state index in [0.29, 0.717) is 70.4 Å². The molecule has 0 bridgehead atoms. The topological polar surface area (TPSA) is 93.8 Å². The fourth-order valence-corrected chi connectivity index (χ4v) is 3.93. The first kappa shape index (κ1) is 22.9. The van der Waals surface area contributed by atoms with Crippen molar-refractivity contribution in [2.24, 2.45) is 0 Å². The molecule has 0 aliphatic carbocycles. The Hall–Kier alpha value is -3.23. The number of rotatable bonds is 5. The number of fused-ring (bicyclic) bond motifs is 1. The third-order valence-corrected chi connectivity index (χ3v) is 6.19. The van der Waals surface area contributed by atoms with Gasteiger partial charge in [0.2, 0.25) is 11.9 Å². The van der Waals surface area contributed by atoms with Gasteiger partial charge in [-0.2, -0.15) is 4.98 Å². The van der Waals surface area contributed by atoms with Crippen molar-refractivity contribution in [3.8, 4) is 11.5 Å². The van der Waals surface area contributed by atoms with Crippen molar-refractivity contribution >= 4 is 57.9 Å². The quantitative estimate of drug-likeness (QED) is 0.545. The zero-order valence-corrected chi connectivity index (χ0v) is 19.7. The minimum atomic E-state index is -0.0727. The number of methoxy groups -OCH3 is 2. The van der Waals surface area contributed by atoms with E-state index in [1.54, 1.807) is 55.5 Å². The van der Waals surface area contributed by atoms with Crippen LogP contribution >= 0.6 is 23.2 Å². The van der Waals surface area contributed by atoms with E-state index in [1.165, 1.54) is 0 Å². The fourth-order valence-electron chi connectivity index (χ4n) is 3.62. The summed E-state index contributed by atoms with van der Waals surface area (Å²) in [4.78, 5) is 25.5. The summed E-state index contributed by atoms with van der Waals surface area (Å²) in [5.74, 6) is 1.94. The van der Waals surface area contributed by atoms with E-state index >= 15 is 0 Å². The number of anilines is 2. The first-order chi connectivity index (χ1) is 15.9. The Bertz CT molecular complexity index is 1230. The number of hydrogen-bond donors (Lipinski definition) is 1. The van der Waals surface area contributed by atoms with E-state index in [-0.39, 0.29) is 5.91 Å². The molecule has 1 fully saturated rings. The normalized spacial score (nSPS) is 14.2. The van der Waals surface area contributed by atoms with E-state index in [2.05, 4.69) is 9.97 Å². The van der Waals surface area contributed by atoms with Crippen LogP contribution in [-0.2, 0) is 4.79 Å². The SMILES string of the molecule is COc1cc2nc(N3CCN(C(=O)/C=C/c4ccc(Cl)c(Cl)c4)CC3)nc(N)c2cc1OC. The highest BCUT2D eigenvalue weighted by Gasteiger charge is 2.22. The monoisotopic (exact) mass is 487 g/mol. The molecule has 2 N–H and O–H groups in total. The summed E-state index contributed by atoms with van der Waals surface area (Å²) in [5, 5.41) is 1.62. The molecule has 1 amide bonds. The number of nitrogens with two attached hydrogens (primary N) is 1. The maximum Gasteiger partial charge on any atom is 0.246 e. The van der Waals surface area contributed by atoms with Gasteiger partial charge in [0.15, 0.2) is 11.5 Å². The van der Waals surface area contributed by atoms with Gasteiger partial charge in [-0.25, -0.2) is 4.98 Å². The van der Waals surface area contributed by atoms with Crippen LogP contribution in [0.3, 0.4) is 0 Å². The van der Waals surface area contributed by atoms with Gasteiger partial charge in [0.05, 0.1) is 29.8 Å². The highest BCUT2D eigenvalue weighted by molar-refractivity contribution is 6.42. The minimum Gasteiger partial charge on any atom is -0.493 e. The Morgan fingerprint density at radius 2 is 1.70 bits per heavy atom. The third kappa shape index (κ3) is 4.91. The molecule has 0 atom stereocenters. The van der Waals surface area contributed by atoms with Gasteiger partial charge in [0, 0.05) is 43.7 Å². The van der Waals surface area contributed by atoms with Crippen LogP contribution < -0.4 is 20.1 Å². The number of nitrogens with zero attached hydrogens (tertiary/aromatic N) is 4. The number of aromatic nitrogens is 2. The average Bonchev–Trinajstić information content (AvgIpc) is 2.83. The van der Waals surface area contributed by atoms with Gasteiger partial charge in [-0.15, -0.1) is 0 Å². The Morgan fingerprint density at radius 3 is 2.36 bits per heavy atom. The van der Waals surface area contributed by atoms with Gasteiger partial charge in [-0.3, -0.25) is 4.79 Å². The largest absolute Gasteiger partial charge is 0.493 e. The zero-order chi connectivity index (χ0) is 23.5. The van der Waals surface area contributed by atoms with Gasteiger partial charge >= 0.3 is 0 Å². The molecular weight excluding hydrogens is 465 g/mol. The Kier molecular flexibility index (Phi) is 6.76. The lowest BCUT2D eigenvalue weighted by molar-refractivity contribution is -0.126. The molecule has 1 aliphatic heterocycles. The van der Waals surface area contributed by atoms with Gasteiger partial charge in [-0.1, -0.05) is 29.3 Å². The molecule has 0 spiro atoms. The molecule has 1 aromatic heterocycles. The number of carbonyl (C=O) groups excluding carboxylic acids is 1. The second kappa shape index (κ2) is 9.72. The zero-order valence-electron chi connectivity index (χ0n) is 18.2. The standard InChI is InChI=1S/C23H23Cl2N5O3/c1-32-19-12-15-18(13-20(19)33-2)27-23(28-22(15)26)30-9-7-29(8-10-30)21(31)6-4-14-3-5-16(24)17(25)11-14/h3-6,11-13H,7-10H2,1-2H3,(H2,26,27,28)/b6-4+. The van der Waals surface area contributed by atoms with Crippen LogP contribution in [0.25, 0.3) is 17.0 Å². The number of nitrogen functional groups attached to an aromatic ring is 1. The molecule has 33 heavy (non-hydrogen) atoms. The van der Waals surface area contributed by atoms with Crippen molar-refractivity contribution in [3.63, 3.8) is 0 Å². The first-order valence-corrected chi connectivity index (χ1v) is 11.0. The summed E-state index contributed by atoms with van der Waals surface area (Å²) in [7, 11) is 3.14. The molecule has 1 aliphatic rings. The van der Waals surface area contributed by atoms with Gasteiger partial charge < -0.3 is 25.0 Å². The van der Waals surface area contributed by atoms with Crippen LogP contribution in [0.2, 0.25) is 10.0 Å². The minimum absolute atomic E-state index is 0.0727. The van der Waals surface area contributed by atoms with Gasteiger partial charge in [-0.05, 0) is 29.8 Å². The summed E-state index contributed by atoms with van der Waals surface area (Å²) in [6.07, 6.45) is 3.27. The smallest absolute Gasteiger partial charge is 0.246 e. The van der Waals surface area contributed by atoms with Crippen molar-refractivity contribution in [1.82, 2.24) is 14.9 Å². The molecule has 172 valence electrons. The van der Waals surface area contributed by atoms with E-state index in [9.17, 15) is 4.79 Å². The van der Waals surface area contributed by atoms with Crippen LogP contribution in [0.4, 0.5) is 11.8 Å². The van der Waals surface area contributed by atoms with Crippen molar-refractivity contribution in [2.45, 2.75) is 0 Å². The number of halogens is 2. The second-order valence-electron chi connectivity index (χ2n) is 7.45. The Morgan fingerprint density at radius 1 is 1.00 bits per heavy atom. The maximum atomic E-state index is 12.6. The number of hydrogen-bond acceptors (Lipinski definition) is 7. The summed E-state index contributed by atoms with van der Waals surface area (Å²) >= 11 is 12.0. The molecule has 4 rings (SSSR count). The number of amides is 1. The molecule has 0 radical (unpaired) electrons. The number of carbonyl (C=O) groups is 1. The van der Waals surface area contributed by atoms with E-state index in [4.69, 9.17) is 38.4 Å². The van der Waals surface area contributed by atoms with Gasteiger partial charge in [0.25, 0.3) is 0 Å². The highest BCUT2D eigenvalue weighted by Crippen LogP contribution is 2.34. The summed E-state index contributed by atoms with van der Waals surface area (Å²) < 4.78 is 10.7. The number of benzene rings is 2. The second-order valence-corrected chi connectivity index (χ2v) is 8.27. The van der Waals surface area contributed by atoms with Crippen molar-refractivity contribution in [3.05, 3.63) is 52.0 Å². The molecule has 8 nitrogen and oxygen atoms in total. The van der Waals surface area contributed by atoms with Crippen LogP contribution in [0.5, 0.6) is 11.5 Å². The summed E-state index contributed by atoms with van der Waals surface area (Å²) in [5.41, 5.74) is 7.68. The van der Waals surface area contributed by atoms with Crippen LogP contribution in [0, 0.1) is 0 Å². The summed E-state index contributed by atoms with van der Waals surface area (Å²) in [6.45, 7) is 2.25. The van der Waals surface area contributed by atoms with Crippen molar-refractivity contribution < 1.29 is 14.3 Å². The van der Waals surface area contributed by atoms with Crippen LogP contribution in [-0.4, -0.2) is 61.2 Å². The first-order valence-electron chi connectivity index (χ1n) is 10.3. The number of piperazine rings is 1. The van der Waals surface area contributed by atoms with Crippen molar-refractivity contribution in [2.75, 3.05) is 51.0 Å². The van der Waals surface area contributed by atoms with E-state index in [0.717, 1.165) is 5.56 Å². The van der Waals surface area contributed by atoms with Crippen molar-refractivity contribution in [1.29, 1.82) is 0 Å². The van der Waals surface area contributed by atoms with Gasteiger partial charge in [0.1, 0.15) is 5.82 Å². The van der Waals surface area contributed by atoms with E-state index in [1.807, 2.05) is 11.0 Å². The Labute approximate surface area is 201 Å². The van der Waals surface area contributed by atoms with Crippen LogP contribution in [0.15, 0.2) is 36.4 Å². The van der Waals surface area contributed by atoms with E-state index < -0.39 is 0 Å². The molecule has 0 saturated carbocycles.